The van der Waals surface area contributed by atoms with Crippen molar-refractivity contribution in [2.75, 3.05) is 11.3 Å². The first-order valence-electron chi connectivity index (χ1n) is 14.6. The number of anilines is 1. The summed E-state index contributed by atoms with van der Waals surface area (Å²) in [7, 11) is 0. The minimum absolute atomic E-state index is 0.0556. The molecule has 5 rings (SSSR count). The minimum atomic E-state index is -0.979. The predicted octanol–water partition coefficient (Wildman–Crippen LogP) is 7.38. The number of carbonyl (C=O) groups is 1. The number of nitrogens with one attached hydrogen (secondary N) is 2. The van der Waals surface area contributed by atoms with Gasteiger partial charge in [-0.2, -0.15) is 4.98 Å². The highest BCUT2D eigenvalue weighted by atomic mass is 35.5. The number of carboxylic acids is 1. The first kappa shape index (κ1) is 31.7. The van der Waals surface area contributed by atoms with E-state index in [0.717, 1.165) is 39.4 Å². The van der Waals surface area contributed by atoms with Gasteiger partial charge in [0.05, 0.1) is 23.1 Å². The van der Waals surface area contributed by atoms with Crippen LogP contribution in [0.4, 0.5) is 5.95 Å². The van der Waals surface area contributed by atoms with Crippen LogP contribution in [0.15, 0.2) is 65.8 Å². The van der Waals surface area contributed by atoms with Gasteiger partial charge in [0.1, 0.15) is 11.8 Å². The molecule has 230 valence electrons. The Hall–Kier alpha value is -3.73. The van der Waals surface area contributed by atoms with Gasteiger partial charge in [0.15, 0.2) is 0 Å². The molecule has 2 heterocycles. The van der Waals surface area contributed by atoms with Gasteiger partial charge in [0.25, 0.3) is 0 Å². The first-order chi connectivity index (χ1) is 21.0. The fraction of sp³-hybridized carbons (Fsp3) is 0.364. The number of nitrogens with zero attached hydrogens (tertiary/aromatic N) is 4. The lowest BCUT2D eigenvalue weighted by Crippen LogP contribution is -2.41. The Bertz CT molecular complexity index is 1610. The topological polar surface area (TPSA) is 122 Å². The molecule has 0 saturated heterocycles. The van der Waals surface area contributed by atoms with E-state index in [1.54, 1.807) is 24.4 Å². The van der Waals surface area contributed by atoms with E-state index in [-0.39, 0.29) is 11.6 Å². The average Bonchev–Trinajstić information content (AvgIpc) is 2.96. The molecule has 44 heavy (non-hydrogen) atoms. The van der Waals surface area contributed by atoms with E-state index < -0.39 is 5.97 Å². The van der Waals surface area contributed by atoms with Crippen LogP contribution in [0.1, 0.15) is 60.3 Å². The van der Waals surface area contributed by atoms with Crippen LogP contribution in [0.5, 0.6) is 5.88 Å². The number of aryl methyl sites for hydroxylation is 2. The molecule has 0 spiro atoms. The lowest BCUT2D eigenvalue weighted by atomic mass is 9.63. The Balaban J connectivity index is 1.37. The van der Waals surface area contributed by atoms with Crippen molar-refractivity contribution in [3.63, 3.8) is 0 Å². The summed E-state index contributed by atoms with van der Waals surface area (Å²) in [5.74, 6) is 0.448. The molecule has 2 aromatic carbocycles. The summed E-state index contributed by atoms with van der Waals surface area (Å²) in [5, 5.41) is 13.3. The summed E-state index contributed by atoms with van der Waals surface area (Å²) in [6.45, 7) is 9.66. The zero-order valence-electron chi connectivity index (χ0n) is 25.3. The zero-order chi connectivity index (χ0) is 31.3. The molecular formula is C33H37ClN6O3S. The summed E-state index contributed by atoms with van der Waals surface area (Å²) in [6.07, 6.45) is 6.57. The molecule has 1 saturated carbocycles. The third-order valence-electron chi connectivity index (χ3n) is 7.74. The third kappa shape index (κ3) is 8.46. The lowest BCUT2D eigenvalue weighted by Gasteiger charge is -2.44. The van der Waals surface area contributed by atoms with Crippen LogP contribution in [-0.2, 0) is 6.54 Å². The SMILES string of the molecule is Cc1cccc(C)c1-c1cc(OCC(CC2CC(C)(C)C2)NCc2cncc(Cl)n2)nc(NSc2cccc(C(=O)O)c2)n1. The van der Waals surface area contributed by atoms with Crippen molar-refractivity contribution in [1.82, 2.24) is 25.3 Å². The van der Waals surface area contributed by atoms with Crippen molar-refractivity contribution < 1.29 is 14.6 Å². The molecule has 1 aliphatic rings. The summed E-state index contributed by atoms with van der Waals surface area (Å²) in [6, 6.07) is 14.8. The second-order valence-electron chi connectivity index (χ2n) is 12.1. The van der Waals surface area contributed by atoms with Gasteiger partial charge in [-0.1, -0.05) is 49.7 Å². The molecule has 1 aliphatic carbocycles. The van der Waals surface area contributed by atoms with Gasteiger partial charge in [-0.15, -0.1) is 0 Å². The summed E-state index contributed by atoms with van der Waals surface area (Å²) in [4.78, 5) is 30.2. The summed E-state index contributed by atoms with van der Waals surface area (Å²) in [5.41, 5.74) is 5.31. The molecule has 3 N–H and O–H groups in total. The molecule has 1 unspecified atom stereocenters. The lowest BCUT2D eigenvalue weighted by molar-refractivity contribution is 0.0696. The van der Waals surface area contributed by atoms with Crippen LogP contribution in [0.3, 0.4) is 0 Å². The van der Waals surface area contributed by atoms with Crippen LogP contribution < -0.4 is 14.8 Å². The maximum atomic E-state index is 11.4. The van der Waals surface area contributed by atoms with Gasteiger partial charge >= 0.3 is 5.97 Å². The van der Waals surface area contributed by atoms with Crippen LogP contribution >= 0.6 is 23.5 Å². The van der Waals surface area contributed by atoms with Crippen LogP contribution in [0, 0.1) is 25.2 Å². The van der Waals surface area contributed by atoms with Crippen LogP contribution in [-0.4, -0.2) is 43.7 Å². The number of hydrogen-bond donors (Lipinski definition) is 3. The number of hydrogen-bond acceptors (Lipinski definition) is 9. The second kappa shape index (κ2) is 13.9. The number of aromatic nitrogens is 4. The van der Waals surface area contributed by atoms with E-state index in [1.807, 2.05) is 18.2 Å². The molecule has 0 radical (unpaired) electrons. The Morgan fingerprint density at radius 3 is 2.55 bits per heavy atom. The van der Waals surface area contributed by atoms with E-state index in [2.05, 4.69) is 64.8 Å². The van der Waals surface area contributed by atoms with Crippen molar-refractivity contribution in [1.29, 1.82) is 0 Å². The Morgan fingerprint density at radius 1 is 1.09 bits per heavy atom. The maximum Gasteiger partial charge on any atom is 0.335 e. The first-order valence-corrected chi connectivity index (χ1v) is 15.8. The molecule has 1 fully saturated rings. The molecule has 0 aliphatic heterocycles. The predicted molar refractivity (Wildman–Crippen MR) is 174 cm³/mol. The quantitative estimate of drug-likeness (QED) is 0.129. The van der Waals surface area contributed by atoms with Crippen LogP contribution in [0.2, 0.25) is 5.15 Å². The van der Waals surface area contributed by atoms with E-state index in [9.17, 15) is 9.90 Å². The van der Waals surface area contributed by atoms with Gasteiger partial charge in [0.2, 0.25) is 11.8 Å². The molecule has 0 bridgehead atoms. The van der Waals surface area contributed by atoms with E-state index >= 15 is 0 Å². The highest BCUT2D eigenvalue weighted by molar-refractivity contribution is 8.00. The Labute approximate surface area is 267 Å². The number of rotatable bonds is 13. The van der Waals surface area contributed by atoms with Gasteiger partial charge in [-0.3, -0.25) is 9.71 Å². The second-order valence-corrected chi connectivity index (χ2v) is 13.4. The fourth-order valence-electron chi connectivity index (χ4n) is 5.87. The molecule has 2 aromatic heterocycles. The number of halogens is 1. The minimum Gasteiger partial charge on any atom is -0.478 e. The molecule has 0 amide bonds. The summed E-state index contributed by atoms with van der Waals surface area (Å²) >= 11 is 7.31. The van der Waals surface area contributed by atoms with Gasteiger partial charge in [-0.05, 0) is 85.7 Å². The van der Waals surface area contributed by atoms with Crippen molar-refractivity contribution in [3.05, 3.63) is 88.5 Å². The van der Waals surface area contributed by atoms with Gasteiger partial charge < -0.3 is 15.2 Å². The Morgan fingerprint density at radius 2 is 1.84 bits per heavy atom. The largest absolute Gasteiger partial charge is 0.478 e. The molecule has 9 nitrogen and oxygen atoms in total. The third-order valence-corrected chi connectivity index (χ3v) is 8.70. The number of benzene rings is 2. The highest BCUT2D eigenvalue weighted by Crippen LogP contribution is 2.46. The number of ether oxygens (including phenoxy) is 1. The number of carboxylic acid groups (broad SMARTS) is 1. The summed E-state index contributed by atoms with van der Waals surface area (Å²) < 4.78 is 9.58. The smallest absolute Gasteiger partial charge is 0.335 e. The maximum absolute atomic E-state index is 11.4. The molecule has 11 heteroatoms. The van der Waals surface area contributed by atoms with Crippen molar-refractivity contribution >= 4 is 35.5 Å². The van der Waals surface area contributed by atoms with Crippen LogP contribution in [0.25, 0.3) is 11.3 Å². The van der Waals surface area contributed by atoms with Crippen molar-refractivity contribution in [2.24, 2.45) is 11.3 Å². The Kier molecular flexibility index (Phi) is 10.0. The van der Waals surface area contributed by atoms with E-state index in [0.29, 0.717) is 41.5 Å². The fourth-order valence-corrected chi connectivity index (χ4v) is 6.67. The molecule has 1 atom stereocenters. The van der Waals surface area contributed by atoms with Gasteiger partial charge in [-0.25, -0.2) is 14.8 Å². The van der Waals surface area contributed by atoms with Crippen molar-refractivity contribution in [3.8, 4) is 17.1 Å². The van der Waals surface area contributed by atoms with E-state index in [1.165, 1.54) is 31.0 Å². The molecular weight excluding hydrogens is 596 g/mol. The molecule has 4 aromatic rings. The average molecular weight is 633 g/mol. The van der Waals surface area contributed by atoms with Gasteiger partial charge in [0, 0.05) is 35.3 Å². The van der Waals surface area contributed by atoms with E-state index in [4.69, 9.17) is 21.3 Å². The normalized spacial score (nSPS) is 14.9. The standard InChI is InChI=1S/C33H37ClN6O3S/c1-20-7-5-8-21(2)30(20)27-13-29(39-32(38-27)40-44-26-10-6-9-23(12-26)31(41)42)43-19-24(11-22-14-33(3,4)15-22)36-17-25-16-35-18-28(34)37-25/h5-10,12-13,16,18,22,24,36H,11,14-15,17,19H2,1-4H3,(H,41,42)(H,38,39,40). The monoisotopic (exact) mass is 632 g/mol. The highest BCUT2D eigenvalue weighted by Gasteiger charge is 2.37. The number of aromatic carboxylic acids is 1. The van der Waals surface area contributed by atoms with Crippen molar-refractivity contribution in [2.45, 2.75) is 64.4 Å². The zero-order valence-corrected chi connectivity index (χ0v) is 26.9.